The topological polar surface area (TPSA) is 49.8 Å². The summed E-state index contributed by atoms with van der Waals surface area (Å²) in [6.07, 6.45) is 3.04. The average Bonchev–Trinajstić information content (AvgIpc) is 2.50. The number of likely N-dealkylation sites (N-methyl/N-ethyl adjacent to an activating group) is 1. The summed E-state index contributed by atoms with van der Waals surface area (Å²) in [5.74, 6) is 0.849. The molecule has 0 fully saturated rings. The van der Waals surface area contributed by atoms with Crippen molar-refractivity contribution < 1.29 is 14.6 Å². The summed E-state index contributed by atoms with van der Waals surface area (Å²) in [7, 11) is 0. The number of benzene rings is 1. The molecule has 0 spiro atoms. The van der Waals surface area contributed by atoms with Crippen LogP contribution < -0.4 is 4.74 Å². The molecule has 21 heavy (non-hydrogen) atoms. The Balaban J connectivity index is 1.86. The zero-order valence-electron chi connectivity index (χ0n) is 12.8. The Hall–Kier alpha value is -1.55. The summed E-state index contributed by atoms with van der Waals surface area (Å²) in [5, 5.41) is 8.68. The molecule has 1 heterocycles. The Morgan fingerprint density at radius 3 is 2.95 bits per heavy atom. The van der Waals surface area contributed by atoms with Crippen molar-refractivity contribution in [3.63, 3.8) is 0 Å². The number of hydrogen-bond donors (Lipinski definition) is 1. The smallest absolute Gasteiger partial charge is 0.303 e. The van der Waals surface area contributed by atoms with E-state index in [2.05, 4.69) is 24.0 Å². The van der Waals surface area contributed by atoms with Crippen LogP contribution in [0.3, 0.4) is 0 Å². The molecule has 0 radical (unpaired) electrons. The van der Waals surface area contributed by atoms with Gasteiger partial charge in [0.1, 0.15) is 5.75 Å². The summed E-state index contributed by atoms with van der Waals surface area (Å²) in [5.41, 5.74) is 1.31. The maximum absolute atomic E-state index is 10.5. The van der Waals surface area contributed by atoms with E-state index in [9.17, 15) is 4.79 Å². The van der Waals surface area contributed by atoms with E-state index in [1.165, 1.54) is 5.56 Å². The predicted octanol–water partition coefficient (Wildman–Crippen LogP) is 3.13. The SMILES string of the molecule is CCN(CCCCC(=O)O)CC1CCOc2ccccc21. The van der Waals surface area contributed by atoms with Crippen LogP contribution >= 0.6 is 0 Å². The second-order valence-corrected chi connectivity index (χ2v) is 5.62. The molecule has 1 atom stereocenters. The van der Waals surface area contributed by atoms with Crippen molar-refractivity contribution in [1.82, 2.24) is 4.90 Å². The molecule has 2 rings (SSSR count). The lowest BCUT2D eigenvalue weighted by molar-refractivity contribution is -0.137. The van der Waals surface area contributed by atoms with Gasteiger partial charge < -0.3 is 14.7 Å². The van der Waals surface area contributed by atoms with Gasteiger partial charge in [0.2, 0.25) is 0 Å². The number of aliphatic carboxylic acids is 1. The Kier molecular flexibility index (Phi) is 6.05. The van der Waals surface area contributed by atoms with Crippen LogP contribution in [-0.2, 0) is 4.79 Å². The van der Waals surface area contributed by atoms with Crippen LogP contribution in [0.2, 0.25) is 0 Å². The van der Waals surface area contributed by atoms with Crippen LogP contribution in [0.15, 0.2) is 24.3 Å². The lowest BCUT2D eigenvalue weighted by Gasteiger charge is -2.30. The number of nitrogens with zero attached hydrogens (tertiary/aromatic N) is 1. The van der Waals surface area contributed by atoms with Gasteiger partial charge in [-0.25, -0.2) is 0 Å². The normalized spacial score (nSPS) is 17.3. The average molecular weight is 291 g/mol. The van der Waals surface area contributed by atoms with E-state index in [0.29, 0.717) is 5.92 Å². The highest BCUT2D eigenvalue weighted by Gasteiger charge is 2.22. The number of para-hydroxylation sites is 1. The van der Waals surface area contributed by atoms with Gasteiger partial charge in [0.15, 0.2) is 0 Å². The van der Waals surface area contributed by atoms with Crippen LogP contribution in [0, 0.1) is 0 Å². The number of unbranched alkanes of at least 4 members (excludes halogenated alkanes) is 1. The Bertz CT molecular complexity index is 461. The largest absolute Gasteiger partial charge is 0.493 e. The molecular weight excluding hydrogens is 266 g/mol. The quantitative estimate of drug-likeness (QED) is 0.748. The van der Waals surface area contributed by atoms with E-state index < -0.39 is 5.97 Å². The summed E-state index contributed by atoms with van der Waals surface area (Å²) in [6, 6.07) is 8.30. The van der Waals surface area contributed by atoms with Crippen molar-refractivity contribution in [3.8, 4) is 5.75 Å². The number of hydrogen-bond acceptors (Lipinski definition) is 3. The lowest BCUT2D eigenvalue weighted by atomic mass is 9.92. The molecule has 4 nitrogen and oxygen atoms in total. The van der Waals surface area contributed by atoms with Gasteiger partial charge in [0.05, 0.1) is 6.61 Å². The van der Waals surface area contributed by atoms with E-state index in [1.54, 1.807) is 0 Å². The van der Waals surface area contributed by atoms with Gasteiger partial charge in [-0.1, -0.05) is 25.1 Å². The van der Waals surface area contributed by atoms with Crippen LogP contribution in [0.25, 0.3) is 0 Å². The first-order chi connectivity index (χ1) is 10.2. The first kappa shape index (κ1) is 15.8. The van der Waals surface area contributed by atoms with Crippen LogP contribution in [0.5, 0.6) is 5.75 Å². The molecule has 116 valence electrons. The third-order valence-corrected chi connectivity index (χ3v) is 4.12. The molecule has 1 aromatic rings. The van der Waals surface area contributed by atoms with E-state index in [-0.39, 0.29) is 6.42 Å². The highest BCUT2D eigenvalue weighted by Crippen LogP contribution is 2.33. The molecule has 1 unspecified atom stereocenters. The molecule has 0 aliphatic carbocycles. The van der Waals surface area contributed by atoms with Gasteiger partial charge in [0.25, 0.3) is 0 Å². The molecule has 0 amide bonds. The van der Waals surface area contributed by atoms with Crippen molar-refractivity contribution in [3.05, 3.63) is 29.8 Å². The molecular formula is C17H25NO3. The number of rotatable bonds is 8. The molecule has 0 bridgehead atoms. The fourth-order valence-electron chi connectivity index (χ4n) is 2.91. The molecule has 1 aliphatic heterocycles. The van der Waals surface area contributed by atoms with Gasteiger partial charge in [-0.15, -0.1) is 0 Å². The van der Waals surface area contributed by atoms with Crippen molar-refractivity contribution in [1.29, 1.82) is 0 Å². The minimum atomic E-state index is -0.698. The minimum Gasteiger partial charge on any atom is -0.493 e. The highest BCUT2D eigenvalue weighted by molar-refractivity contribution is 5.66. The Morgan fingerprint density at radius 1 is 1.38 bits per heavy atom. The third kappa shape index (κ3) is 4.74. The fraction of sp³-hybridized carbons (Fsp3) is 0.588. The summed E-state index contributed by atoms with van der Waals surface area (Å²) >= 11 is 0. The van der Waals surface area contributed by atoms with Crippen LogP contribution in [-0.4, -0.2) is 42.2 Å². The minimum absolute atomic E-state index is 0.275. The highest BCUT2D eigenvalue weighted by atomic mass is 16.5. The zero-order valence-corrected chi connectivity index (χ0v) is 12.8. The maximum atomic E-state index is 10.5. The number of carbonyl (C=O) groups is 1. The lowest BCUT2D eigenvalue weighted by Crippen LogP contribution is -2.31. The van der Waals surface area contributed by atoms with Gasteiger partial charge >= 0.3 is 5.97 Å². The van der Waals surface area contributed by atoms with E-state index >= 15 is 0 Å². The molecule has 4 heteroatoms. The second kappa shape index (κ2) is 8.03. The number of carboxylic acid groups (broad SMARTS) is 1. The summed E-state index contributed by atoms with van der Waals surface area (Å²) in [4.78, 5) is 13.0. The third-order valence-electron chi connectivity index (χ3n) is 4.12. The summed E-state index contributed by atoms with van der Waals surface area (Å²) in [6.45, 7) is 5.97. The standard InChI is InChI=1S/C17H25NO3/c1-2-18(11-6-5-9-17(19)20)13-14-10-12-21-16-8-4-3-7-15(14)16/h3-4,7-8,14H,2,5-6,9-13H2,1H3,(H,19,20). The molecule has 0 saturated heterocycles. The van der Waals surface area contributed by atoms with Crippen molar-refractivity contribution in [2.45, 2.75) is 38.5 Å². The first-order valence-electron chi connectivity index (χ1n) is 7.86. The molecule has 1 N–H and O–H groups in total. The molecule has 0 saturated carbocycles. The van der Waals surface area contributed by atoms with Crippen LogP contribution in [0.1, 0.15) is 44.1 Å². The monoisotopic (exact) mass is 291 g/mol. The first-order valence-corrected chi connectivity index (χ1v) is 7.86. The van der Waals surface area contributed by atoms with Crippen molar-refractivity contribution in [2.24, 2.45) is 0 Å². The fourth-order valence-corrected chi connectivity index (χ4v) is 2.91. The van der Waals surface area contributed by atoms with Gasteiger partial charge in [0, 0.05) is 18.9 Å². The number of carboxylic acids is 1. The van der Waals surface area contributed by atoms with E-state index in [1.807, 2.05) is 12.1 Å². The van der Waals surface area contributed by atoms with Crippen molar-refractivity contribution in [2.75, 3.05) is 26.2 Å². The molecule has 1 aliphatic rings. The maximum Gasteiger partial charge on any atom is 0.303 e. The van der Waals surface area contributed by atoms with Crippen LogP contribution in [0.4, 0.5) is 0 Å². The van der Waals surface area contributed by atoms with Crippen molar-refractivity contribution >= 4 is 5.97 Å². The molecule has 1 aromatic carbocycles. The van der Waals surface area contributed by atoms with Gasteiger partial charge in [-0.3, -0.25) is 4.79 Å². The van der Waals surface area contributed by atoms with Gasteiger partial charge in [-0.05, 0) is 44.0 Å². The predicted molar refractivity (Wildman–Crippen MR) is 82.9 cm³/mol. The van der Waals surface area contributed by atoms with E-state index in [0.717, 1.165) is 51.3 Å². The van der Waals surface area contributed by atoms with Gasteiger partial charge in [-0.2, -0.15) is 0 Å². The zero-order chi connectivity index (χ0) is 15.1. The molecule has 0 aromatic heterocycles. The second-order valence-electron chi connectivity index (χ2n) is 5.62. The number of ether oxygens (including phenoxy) is 1. The number of fused-ring (bicyclic) bond motifs is 1. The Labute approximate surface area is 126 Å². The summed E-state index contributed by atoms with van der Waals surface area (Å²) < 4.78 is 5.71. The Morgan fingerprint density at radius 2 is 2.19 bits per heavy atom. The van der Waals surface area contributed by atoms with E-state index in [4.69, 9.17) is 9.84 Å².